The van der Waals surface area contributed by atoms with Gasteiger partial charge >= 0.3 is 0 Å². The zero-order valence-corrected chi connectivity index (χ0v) is 11.0. The maximum absolute atomic E-state index is 12.4. The summed E-state index contributed by atoms with van der Waals surface area (Å²) in [6.07, 6.45) is 2.47. The van der Waals surface area contributed by atoms with Crippen molar-refractivity contribution in [2.75, 3.05) is 19.6 Å². The number of nitrogens with zero attached hydrogens (tertiary/aromatic N) is 3. The number of fused-ring (bicyclic) bond motifs is 1. The number of amides is 1. The maximum atomic E-state index is 12.4. The topological polar surface area (TPSA) is 50.2 Å². The molecule has 5 heteroatoms. The predicted molar refractivity (Wildman–Crippen MR) is 68.4 cm³/mol. The number of carbonyl (C=O) groups is 1. The molecule has 2 aliphatic rings. The quantitative estimate of drug-likeness (QED) is 0.789. The molecule has 0 radical (unpaired) electrons. The van der Waals surface area contributed by atoms with Crippen molar-refractivity contribution in [3.8, 4) is 0 Å². The Kier molecular flexibility index (Phi) is 2.86. The molecule has 18 heavy (non-hydrogen) atoms. The molecule has 2 atom stereocenters. The van der Waals surface area contributed by atoms with Gasteiger partial charge in [-0.1, -0.05) is 0 Å². The second-order valence-electron chi connectivity index (χ2n) is 5.47. The highest BCUT2D eigenvalue weighted by Gasteiger charge is 2.37. The van der Waals surface area contributed by atoms with E-state index in [1.807, 2.05) is 24.9 Å². The van der Waals surface area contributed by atoms with Gasteiger partial charge in [0, 0.05) is 31.9 Å². The fourth-order valence-corrected chi connectivity index (χ4v) is 3.04. The van der Waals surface area contributed by atoms with Gasteiger partial charge in [-0.2, -0.15) is 5.10 Å². The lowest BCUT2D eigenvalue weighted by atomic mass is 9.94. The standard InChI is InChI=1S/C13H20N4O/c1-9-6-11(15-16(9)2)13(18)17-7-10-4-3-5-14-12(10)8-17/h6,10,12,14H,3-5,7-8H2,1-2H3/t10-,12+/m0/s1. The van der Waals surface area contributed by atoms with E-state index in [0.717, 1.165) is 25.3 Å². The molecule has 1 aromatic heterocycles. The van der Waals surface area contributed by atoms with E-state index < -0.39 is 0 Å². The van der Waals surface area contributed by atoms with Crippen molar-refractivity contribution in [2.45, 2.75) is 25.8 Å². The summed E-state index contributed by atoms with van der Waals surface area (Å²) in [6, 6.07) is 2.37. The van der Waals surface area contributed by atoms with Gasteiger partial charge < -0.3 is 10.2 Å². The highest BCUT2D eigenvalue weighted by molar-refractivity contribution is 5.92. The average Bonchev–Trinajstić information content (AvgIpc) is 2.93. The normalized spacial score (nSPS) is 27.3. The van der Waals surface area contributed by atoms with E-state index in [0.29, 0.717) is 17.7 Å². The Labute approximate surface area is 107 Å². The molecular weight excluding hydrogens is 228 g/mol. The van der Waals surface area contributed by atoms with Gasteiger partial charge in [0.25, 0.3) is 5.91 Å². The molecule has 0 saturated carbocycles. The maximum Gasteiger partial charge on any atom is 0.274 e. The molecule has 1 N–H and O–H groups in total. The van der Waals surface area contributed by atoms with E-state index in [9.17, 15) is 4.79 Å². The van der Waals surface area contributed by atoms with E-state index in [2.05, 4.69) is 10.4 Å². The van der Waals surface area contributed by atoms with E-state index in [1.54, 1.807) is 4.68 Å². The van der Waals surface area contributed by atoms with Crippen molar-refractivity contribution in [2.24, 2.45) is 13.0 Å². The largest absolute Gasteiger partial charge is 0.335 e. The molecule has 98 valence electrons. The van der Waals surface area contributed by atoms with Gasteiger partial charge in [0.15, 0.2) is 5.69 Å². The number of likely N-dealkylation sites (tertiary alicyclic amines) is 1. The molecule has 0 unspecified atom stereocenters. The number of aromatic nitrogens is 2. The molecule has 2 fully saturated rings. The van der Waals surface area contributed by atoms with E-state index in [1.165, 1.54) is 12.8 Å². The highest BCUT2D eigenvalue weighted by atomic mass is 16.2. The molecular formula is C13H20N4O. The Bertz CT molecular complexity index is 434. The van der Waals surface area contributed by atoms with Crippen LogP contribution in [0.4, 0.5) is 0 Å². The van der Waals surface area contributed by atoms with Crippen LogP contribution in [0.5, 0.6) is 0 Å². The van der Waals surface area contributed by atoms with Gasteiger partial charge in [-0.25, -0.2) is 0 Å². The number of hydrogen-bond acceptors (Lipinski definition) is 3. The summed E-state index contributed by atoms with van der Waals surface area (Å²) in [5.41, 5.74) is 1.60. The molecule has 5 nitrogen and oxygen atoms in total. The smallest absolute Gasteiger partial charge is 0.274 e. The van der Waals surface area contributed by atoms with Crippen LogP contribution in [-0.4, -0.2) is 46.3 Å². The molecule has 0 aliphatic carbocycles. The summed E-state index contributed by atoms with van der Waals surface area (Å²) in [5.74, 6) is 0.711. The molecule has 1 amide bonds. The lowest BCUT2D eigenvalue weighted by molar-refractivity contribution is 0.0779. The summed E-state index contributed by atoms with van der Waals surface area (Å²) >= 11 is 0. The number of carbonyl (C=O) groups excluding carboxylic acids is 1. The van der Waals surface area contributed by atoms with Gasteiger partial charge in [-0.3, -0.25) is 9.48 Å². The number of aryl methyl sites for hydroxylation is 2. The zero-order chi connectivity index (χ0) is 12.7. The van der Waals surface area contributed by atoms with Crippen LogP contribution < -0.4 is 5.32 Å². The van der Waals surface area contributed by atoms with E-state index in [4.69, 9.17) is 0 Å². The third-order valence-corrected chi connectivity index (χ3v) is 4.22. The Morgan fingerprint density at radius 3 is 3.00 bits per heavy atom. The Morgan fingerprint density at radius 2 is 2.33 bits per heavy atom. The summed E-state index contributed by atoms with van der Waals surface area (Å²) in [6.45, 7) is 4.77. The first-order valence-corrected chi connectivity index (χ1v) is 6.68. The van der Waals surface area contributed by atoms with E-state index >= 15 is 0 Å². The van der Waals surface area contributed by atoms with Crippen LogP contribution in [-0.2, 0) is 7.05 Å². The van der Waals surface area contributed by atoms with E-state index in [-0.39, 0.29) is 5.91 Å². The lowest BCUT2D eigenvalue weighted by Crippen LogP contribution is -2.41. The van der Waals surface area contributed by atoms with Crippen LogP contribution in [0.1, 0.15) is 29.0 Å². The molecule has 3 heterocycles. The first-order valence-electron chi connectivity index (χ1n) is 6.68. The Hall–Kier alpha value is -1.36. The monoisotopic (exact) mass is 248 g/mol. The first kappa shape index (κ1) is 11.7. The predicted octanol–water partition coefficient (Wildman–Crippen LogP) is 0.553. The molecule has 0 bridgehead atoms. The third-order valence-electron chi connectivity index (χ3n) is 4.22. The lowest BCUT2D eigenvalue weighted by Gasteiger charge is -2.24. The highest BCUT2D eigenvalue weighted by Crippen LogP contribution is 2.25. The fraction of sp³-hybridized carbons (Fsp3) is 0.692. The van der Waals surface area contributed by atoms with Crippen molar-refractivity contribution in [1.29, 1.82) is 0 Å². The number of piperidine rings is 1. The molecule has 1 aromatic rings. The second-order valence-corrected chi connectivity index (χ2v) is 5.47. The summed E-state index contributed by atoms with van der Waals surface area (Å²) in [4.78, 5) is 14.3. The van der Waals surface area contributed by atoms with Crippen LogP contribution >= 0.6 is 0 Å². The van der Waals surface area contributed by atoms with Gasteiger partial charge in [-0.15, -0.1) is 0 Å². The van der Waals surface area contributed by atoms with Gasteiger partial charge in [0.1, 0.15) is 0 Å². The van der Waals surface area contributed by atoms with Crippen LogP contribution in [0.25, 0.3) is 0 Å². The Balaban J connectivity index is 1.74. The van der Waals surface area contributed by atoms with Crippen molar-refractivity contribution in [1.82, 2.24) is 20.0 Å². The summed E-state index contributed by atoms with van der Waals surface area (Å²) in [7, 11) is 1.87. The van der Waals surface area contributed by atoms with Crippen molar-refractivity contribution in [3.63, 3.8) is 0 Å². The van der Waals surface area contributed by atoms with Gasteiger partial charge in [-0.05, 0) is 38.3 Å². The SMILES string of the molecule is Cc1cc(C(=O)N2C[C@@H]3CCCN[C@@H]3C2)nn1C. The minimum absolute atomic E-state index is 0.0786. The zero-order valence-electron chi connectivity index (χ0n) is 11.0. The fourth-order valence-electron chi connectivity index (χ4n) is 3.04. The Morgan fingerprint density at radius 1 is 1.50 bits per heavy atom. The second kappa shape index (κ2) is 4.39. The first-order chi connectivity index (χ1) is 8.65. The van der Waals surface area contributed by atoms with Gasteiger partial charge in [0.2, 0.25) is 0 Å². The van der Waals surface area contributed by atoms with Gasteiger partial charge in [0.05, 0.1) is 0 Å². The molecule has 0 spiro atoms. The summed E-state index contributed by atoms with van der Waals surface area (Å²) in [5, 5.41) is 7.79. The minimum atomic E-state index is 0.0786. The summed E-state index contributed by atoms with van der Waals surface area (Å²) < 4.78 is 1.76. The van der Waals surface area contributed by atoms with Crippen molar-refractivity contribution in [3.05, 3.63) is 17.5 Å². The van der Waals surface area contributed by atoms with Crippen molar-refractivity contribution >= 4 is 5.91 Å². The average molecular weight is 248 g/mol. The van der Waals surface area contributed by atoms with Crippen LogP contribution in [0.15, 0.2) is 6.07 Å². The number of rotatable bonds is 1. The molecule has 0 aromatic carbocycles. The minimum Gasteiger partial charge on any atom is -0.335 e. The van der Waals surface area contributed by atoms with Crippen LogP contribution in [0, 0.1) is 12.8 Å². The third kappa shape index (κ3) is 1.92. The number of hydrogen-bond donors (Lipinski definition) is 1. The molecule has 2 aliphatic heterocycles. The molecule has 3 rings (SSSR count). The van der Waals surface area contributed by atoms with Crippen LogP contribution in [0.2, 0.25) is 0 Å². The van der Waals surface area contributed by atoms with Crippen LogP contribution in [0.3, 0.4) is 0 Å². The van der Waals surface area contributed by atoms with Crippen molar-refractivity contribution < 1.29 is 4.79 Å². The number of nitrogens with one attached hydrogen (secondary N) is 1. The molecule has 2 saturated heterocycles.